The molecule has 2 heterocycles. The lowest BCUT2D eigenvalue weighted by atomic mass is 10.0. The molecule has 0 unspecified atom stereocenters. The molecule has 0 fully saturated rings. The molecule has 0 radical (unpaired) electrons. The monoisotopic (exact) mass is 465 g/mol. The second kappa shape index (κ2) is 8.51. The Kier molecular flexibility index (Phi) is 6.14. The normalized spacial score (nSPS) is 14.2. The number of anilines is 2. The Morgan fingerprint density at radius 2 is 1.91 bits per heavy atom. The number of rotatable bonds is 5. The molecule has 0 atom stereocenters. The van der Waals surface area contributed by atoms with Crippen molar-refractivity contribution in [3.05, 3.63) is 35.0 Å². The third-order valence-electron chi connectivity index (χ3n) is 5.04. The van der Waals surface area contributed by atoms with Crippen LogP contribution in [0.15, 0.2) is 28.4 Å². The molecule has 0 bridgehead atoms. The van der Waals surface area contributed by atoms with Gasteiger partial charge in [-0.05, 0) is 37.5 Å². The molecule has 3 rings (SSSR count). The van der Waals surface area contributed by atoms with E-state index < -0.39 is 15.5 Å². The van der Waals surface area contributed by atoms with Gasteiger partial charge in [-0.2, -0.15) is 32.1 Å². The number of nitriles is 2. The summed E-state index contributed by atoms with van der Waals surface area (Å²) in [5.74, 6) is 0.107. The molecule has 0 saturated heterocycles. The Labute approximate surface area is 182 Å². The highest BCUT2D eigenvalue weighted by molar-refractivity contribution is 7.93. The molecule has 0 amide bonds. The summed E-state index contributed by atoms with van der Waals surface area (Å²) in [6, 6.07) is 7.83. The number of hydrogen-bond donors (Lipinski definition) is 1. The van der Waals surface area contributed by atoms with Crippen LogP contribution >= 0.6 is 0 Å². The van der Waals surface area contributed by atoms with Gasteiger partial charge in [0.1, 0.15) is 23.5 Å². The summed E-state index contributed by atoms with van der Waals surface area (Å²) in [6.07, 6.45) is 1.46. The van der Waals surface area contributed by atoms with E-state index in [9.17, 15) is 26.9 Å². The van der Waals surface area contributed by atoms with Crippen molar-refractivity contribution < 1.29 is 21.6 Å². The minimum Gasteiger partial charge on any atom is -0.372 e. The summed E-state index contributed by atoms with van der Waals surface area (Å²) in [7, 11) is -4.21. The van der Waals surface area contributed by atoms with E-state index in [0.29, 0.717) is 25.2 Å². The van der Waals surface area contributed by atoms with Crippen molar-refractivity contribution in [2.75, 3.05) is 22.7 Å². The number of sulfonamides is 1. The number of halogens is 3. The van der Waals surface area contributed by atoms with Gasteiger partial charge in [0.15, 0.2) is 5.82 Å². The number of hydrogen-bond acceptors (Lipinski definition) is 7. The summed E-state index contributed by atoms with van der Waals surface area (Å²) in [6.45, 7) is 3.17. The summed E-state index contributed by atoms with van der Waals surface area (Å²) >= 11 is 0. The molecule has 1 N–H and O–H groups in total. The average molecular weight is 465 g/mol. The summed E-state index contributed by atoms with van der Waals surface area (Å²) < 4.78 is 65.3. The van der Waals surface area contributed by atoms with Gasteiger partial charge in [0.05, 0.1) is 11.3 Å². The van der Waals surface area contributed by atoms with Crippen LogP contribution in [0.25, 0.3) is 0 Å². The summed E-state index contributed by atoms with van der Waals surface area (Å²) in [5.41, 5.74) is -4.48. The highest BCUT2D eigenvalue weighted by atomic mass is 32.2. The molecule has 0 spiro atoms. The number of nitrogens with zero attached hydrogens (tertiary/aromatic N) is 6. The average Bonchev–Trinajstić information content (AvgIpc) is 3.05. The van der Waals surface area contributed by atoms with Gasteiger partial charge in [0, 0.05) is 31.9 Å². The van der Waals surface area contributed by atoms with Gasteiger partial charge in [0.25, 0.3) is 0 Å². The Balaban J connectivity index is 2.12. The molecule has 32 heavy (non-hydrogen) atoms. The fraction of sp³-hybridized carbons (Fsp3) is 0.368. The number of benzene rings is 1. The molecule has 1 aromatic carbocycles. The lowest BCUT2D eigenvalue weighted by molar-refractivity contribution is -0.0429. The van der Waals surface area contributed by atoms with Gasteiger partial charge in [-0.1, -0.05) is 0 Å². The molecule has 1 aliphatic heterocycles. The lowest BCUT2D eigenvalue weighted by Gasteiger charge is -2.31. The quantitative estimate of drug-likeness (QED) is 0.662. The Hall–Kier alpha value is -3.58. The molecule has 2 aromatic rings. The first-order valence-electron chi connectivity index (χ1n) is 9.45. The van der Waals surface area contributed by atoms with Crippen LogP contribution in [-0.2, 0) is 23.5 Å². The lowest BCUT2D eigenvalue weighted by Crippen LogP contribution is -2.31. The third-order valence-corrected chi connectivity index (χ3v) is 6.13. The van der Waals surface area contributed by atoms with Crippen LogP contribution in [0.3, 0.4) is 0 Å². The first kappa shape index (κ1) is 23.1. The van der Waals surface area contributed by atoms with Crippen molar-refractivity contribution in [1.29, 1.82) is 10.5 Å². The van der Waals surface area contributed by atoms with E-state index >= 15 is 0 Å². The molecule has 1 aliphatic rings. The van der Waals surface area contributed by atoms with E-state index in [1.807, 2.05) is 24.0 Å². The zero-order valence-corrected chi connectivity index (χ0v) is 17.9. The minimum atomic E-state index is -5.69. The van der Waals surface area contributed by atoms with Gasteiger partial charge < -0.3 is 9.47 Å². The molecule has 9 nitrogen and oxygen atoms in total. The number of azo groups is 1. The van der Waals surface area contributed by atoms with Crippen molar-refractivity contribution in [2.24, 2.45) is 17.3 Å². The summed E-state index contributed by atoms with van der Waals surface area (Å²) in [4.78, 5) is 1.93. The van der Waals surface area contributed by atoms with E-state index in [1.165, 1.54) is 29.8 Å². The zero-order valence-electron chi connectivity index (χ0n) is 17.1. The third kappa shape index (κ3) is 4.24. The highest BCUT2D eigenvalue weighted by Gasteiger charge is 2.46. The fourth-order valence-corrected chi connectivity index (χ4v) is 3.97. The number of fused-ring (bicyclic) bond motifs is 1. The Bertz CT molecular complexity index is 1270. The first-order chi connectivity index (χ1) is 15.0. The van der Waals surface area contributed by atoms with Crippen molar-refractivity contribution in [3.8, 4) is 12.1 Å². The molecule has 168 valence electrons. The van der Waals surface area contributed by atoms with E-state index in [4.69, 9.17) is 5.26 Å². The van der Waals surface area contributed by atoms with Crippen molar-refractivity contribution in [2.45, 2.75) is 25.3 Å². The highest BCUT2D eigenvalue weighted by Crippen LogP contribution is 2.39. The predicted molar refractivity (Wildman–Crippen MR) is 110 cm³/mol. The van der Waals surface area contributed by atoms with Crippen LogP contribution in [0.1, 0.15) is 30.2 Å². The van der Waals surface area contributed by atoms with E-state index in [1.54, 1.807) is 4.72 Å². The van der Waals surface area contributed by atoms with Crippen molar-refractivity contribution >= 4 is 32.9 Å². The van der Waals surface area contributed by atoms with E-state index in [2.05, 4.69) is 10.2 Å². The van der Waals surface area contributed by atoms with Crippen LogP contribution in [0, 0.1) is 22.7 Å². The van der Waals surface area contributed by atoms with Crippen LogP contribution in [0.2, 0.25) is 0 Å². The first-order valence-corrected chi connectivity index (χ1v) is 10.9. The number of alkyl halides is 3. The second-order valence-electron chi connectivity index (χ2n) is 6.98. The topological polar surface area (TPSA) is 127 Å². The molecular formula is C19H18F3N7O2S. The standard InChI is InChI=1S/C19H18F3N7O2S/c1-3-29-6-4-5-12-7-14(15(9-16(12)29)27-32(30,31)19(20,21)22)25-26-18-8-13(10-23)17(11-24)28(18)2/h7-9,27H,3-6H2,1-2H3. The van der Waals surface area contributed by atoms with E-state index in [0.717, 1.165) is 12.0 Å². The maximum atomic E-state index is 13.0. The van der Waals surface area contributed by atoms with Gasteiger partial charge in [-0.25, -0.2) is 0 Å². The SMILES string of the molecule is CCN1CCCc2cc(N=Nc3cc(C#N)c(C#N)n3C)c(NS(=O)(=O)C(F)(F)F)cc21. The number of aromatic nitrogens is 1. The van der Waals surface area contributed by atoms with E-state index in [-0.39, 0.29) is 28.5 Å². The smallest absolute Gasteiger partial charge is 0.372 e. The summed E-state index contributed by atoms with van der Waals surface area (Å²) in [5, 5.41) is 26.2. The van der Waals surface area contributed by atoms with Gasteiger partial charge >= 0.3 is 15.5 Å². The molecule has 1 aromatic heterocycles. The predicted octanol–water partition coefficient (Wildman–Crippen LogP) is 4.22. The molecule has 0 aliphatic carbocycles. The second-order valence-corrected chi connectivity index (χ2v) is 8.65. The maximum absolute atomic E-state index is 13.0. The maximum Gasteiger partial charge on any atom is 0.516 e. The number of aryl methyl sites for hydroxylation is 1. The van der Waals surface area contributed by atoms with Crippen molar-refractivity contribution in [3.63, 3.8) is 0 Å². The Morgan fingerprint density at radius 3 is 2.47 bits per heavy atom. The fourth-order valence-electron chi connectivity index (χ4n) is 3.40. The zero-order chi connectivity index (χ0) is 23.7. The largest absolute Gasteiger partial charge is 0.516 e. The van der Waals surface area contributed by atoms with Gasteiger partial charge in [0.2, 0.25) is 0 Å². The van der Waals surface area contributed by atoms with Gasteiger partial charge in [-0.15, -0.1) is 10.2 Å². The molecule has 0 saturated carbocycles. The van der Waals surface area contributed by atoms with Crippen LogP contribution in [0.5, 0.6) is 0 Å². The molecule has 13 heteroatoms. The van der Waals surface area contributed by atoms with Gasteiger partial charge in [-0.3, -0.25) is 4.72 Å². The number of nitrogens with one attached hydrogen (secondary N) is 1. The van der Waals surface area contributed by atoms with Crippen LogP contribution in [0.4, 0.5) is 36.1 Å². The van der Waals surface area contributed by atoms with Crippen LogP contribution < -0.4 is 9.62 Å². The molecular weight excluding hydrogens is 447 g/mol. The Morgan fingerprint density at radius 1 is 1.19 bits per heavy atom. The minimum absolute atomic E-state index is 0.0449. The van der Waals surface area contributed by atoms with Crippen molar-refractivity contribution in [1.82, 2.24) is 4.57 Å². The van der Waals surface area contributed by atoms with Crippen LogP contribution in [-0.4, -0.2) is 31.6 Å².